The monoisotopic (exact) mass is 296 g/mol. The average Bonchev–Trinajstić information content (AvgIpc) is 2.35. The van der Waals surface area contributed by atoms with Crippen molar-refractivity contribution in [3.05, 3.63) is 29.3 Å². The van der Waals surface area contributed by atoms with Crippen molar-refractivity contribution in [2.45, 2.75) is 4.90 Å². The maximum Gasteiger partial charge on any atom is 1.00 e. The molecule has 0 radical (unpaired) electrons. The van der Waals surface area contributed by atoms with Crippen molar-refractivity contribution < 1.29 is 61.6 Å². The van der Waals surface area contributed by atoms with Crippen LogP contribution < -0.4 is 29.6 Å². The SMILES string of the molecule is COC(=O)c1ccc(S(=O)(=O)[O-])c(C(=O)OC)c1.[Na+]. The third-order valence-electron chi connectivity index (χ3n) is 2.08. The molecule has 1 aromatic carbocycles. The van der Waals surface area contributed by atoms with Gasteiger partial charge in [0.2, 0.25) is 0 Å². The van der Waals surface area contributed by atoms with Crippen molar-refractivity contribution in [3.8, 4) is 0 Å². The largest absolute Gasteiger partial charge is 1.00 e. The Morgan fingerprint density at radius 2 is 1.63 bits per heavy atom. The van der Waals surface area contributed by atoms with Gasteiger partial charge in [0.05, 0.1) is 30.2 Å². The van der Waals surface area contributed by atoms with E-state index in [9.17, 15) is 22.6 Å². The Balaban J connectivity index is 0.00000324. The van der Waals surface area contributed by atoms with Crippen LogP contribution >= 0.6 is 0 Å². The van der Waals surface area contributed by atoms with Gasteiger partial charge in [0.25, 0.3) is 0 Å². The molecule has 0 aliphatic carbocycles. The van der Waals surface area contributed by atoms with E-state index in [0.29, 0.717) is 0 Å². The van der Waals surface area contributed by atoms with Crippen molar-refractivity contribution in [1.82, 2.24) is 0 Å². The van der Waals surface area contributed by atoms with Gasteiger partial charge in [0.15, 0.2) is 0 Å². The molecule has 0 bridgehead atoms. The molecule has 0 heterocycles. The molecule has 0 aromatic heterocycles. The van der Waals surface area contributed by atoms with Gasteiger partial charge in [-0.05, 0) is 18.2 Å². The van der Waals surface area contributed by atoms with Gasteiger partial charge in [-0.2, -0.15) is 0 Å². The normalized spacial score (nSPS) is 10.3. The summed E-state index contributed by atoms with van der Waals surface area (Å²) in [5.41, 5.74) is -0.569. The van der Waals surface area contributed by atoms with E-state index in [0.717, 1.165) is 32.4 Å². The van der Waals surface area contributed by atoms with E-state index < -0.39 is 32.5 Å². The van der Waals surface area contributed by atoms with Crippen LogP contribution in [0.2, 0.25) is 0 Å². The first kappa shape index (κ1) is 18.1. The minimum absolute atomic E-state index is 0. The molecule has 1 aromatic rings. The van der Waals surface area contributed by atoms with E-state index in [4.69, 9.17) is 0 Å². The summed E-state index contributed by atoms with van der Waals surface area (Å²) in [6, 6.07) is 2.87. The van der Waals surface area contributed by atoms with Crippen LogP contribution in [0, 0.1) is 0 Å². The molecule has 0 N–H and O–H groups in total. The topological polar surface area (TPSA) is 110 Å². The molecule has 0 atom stereocenters. The summed E-state index contributed by atoms with van der Waals surface area (Å²) in [4.78, 5) is 21.9. The van der Waals surface area contributed by atoms with Crippen LogP contribution in [0.1, 0.15) is 20.7 Å². The fourth-order valence-electron chi connectivity index (χ4n) is 1.26. The Kier molecular flexibility index (Phi) is 6.67. The predicted octanol–water partition coefficient (Wildman–Crippen LogP) is -2.83. The second kappa shape index (κ2) is 7.01. The molecule has 0 saturated heterocycles. The summed E-state index contributed by atoms with van der Waals surface area (Å²) < 4.78 is 41.6. The van der Waals surface area contributed by atoms with Gasteiger partial charge < -0.3 is 14.0 Å². The van der Waals surface area contributed by atoms with Crippen LogP contribution in [0.4, 0.5) is 0 Å². The number of hydrogen-bond acceptors (Lipinski definition) is 7. The third kappa shape index (κ3) is 4.29. The Labute approximate surface area is 131 Å². The summed E-state index contributed by atoms with van der Waals surface area (Å²) >= 11 is 0. The molecular formula is C10H9NaO7S. The Morgan fingerprint density at radius 1 is 1.11 bits per heavy atom. The van der Waals surface area contributed by atoms with Crippen LogP contribution in [-0.2, 0) is 19.6 Å². The number of benzene rings is 1. The molecule has 0 spiro atoms. The fourth-order valence-corrected chi connectivity index (χ4v) is 1.91. The number of esters is 2. The first-order valence-electron chi connectivity index (χ1n) is 4.58. The number of ether oxygens (including phenoxy) is 2. The number of methoxy groups -OCH3 is 2. The molecule has 0 fully saturated rings. The Morgan fingerprint density at radius 3 is 2.05 bits per heavy atom. The minimum atomic E-state index is -4.84. The summed E-state index contributed by atoms with van der Waals surface area (Å²) in [6.07, 6.45) is 0. The number of rotatable bonds is 3. The smallest absolute Gasteiger partial charge is 0.744 e. The molecule has 19 heavy (non-hydrogen) atoms. The van der Waals surface area contributed by atoms with Gasteiger partial charge in [-0.15, -0.1) is 0 Å². The number of hydrogen-bond donors (Lipinski definition) is 0. The molecule has 1 rings (SSSR count). The summed E-state index contributed by atoms with van der Waals surface area (Å²) in [7, 11) is -2.70. The van der Waals surface area contributed by atoms with Gasteiger partial charge in [-0.3, -0.25) is 0 Å². The van der Waals surface area contributed by atoms with E-state index in [1.807, 2.05) is 0 Å². The molecule has 0 saturated carbocycles. The van der Waals surface area contributed by atoms with Gasteiger partial charge in [0.1, 0.15) is 10.1 Å². The van der Waals surface area contributed by atoms with Crippen molar-refractivity contribution in [1.29, 1.82) is 0 Å². The van der Waals surface area contributed by atoms with Gasteiger partial charge in [-0.1, -0.05) is 0 Å². The van der Waals surface area contributed by atoms with Crippen LogP contribution in [0.3, 0.4) is 0 Å². The van der Waals surface area contributed by atoms with Crippen LogP contribution in [-0.4, -0.2) is 39.1 Å². The second-order valence-electron chi connectivity index (χ2n) is 3.15. The fraction of sp³-hybridized carbons (Fsp3) is 0.200. The molecular weight excluding hydrogens is 287 g/mol. The van der Waals surface area contributed by atoms with E-state index in [1.54, 1.807) is 0 Å². The summed E-state index contributed by atoms with van der Waals surface area (Å²) in [6.45, 7) is 0. The first-order valence-corrected chi connectivity index (χ1v) is 5.98. The molecule has 0 amide bonds. The molecule has 0 aliphatic heterocycles. The molecule has 0 aliphatic rings. The Hall–Kier alpha value is -0.930. The van der Waals surface area contributed by atoms with Gasteiger partial charge in [0, 0.05) is 0 Å². The van der Waals surface area contributed by atoms with Gasteiger partial charge >= 0.3 is 41.5 Å². The first-order chi connectivity index (χ1) is 8.31. The average molecular weight is 296 g/mol. The predicted molar refractivity (Wildman–Crippen MR) is 57.1 cm³/mol. The zero-order valence-electron chi connectivity index (χ0n) is 10.5. The van der Waals surface area contributed by atoms with E-state index in [-0.39, 0.29) is 35.1 Å². The van der Waals surface area contributed by atoms with Crippen molar-refractivity contribution >= 4 is 22.1 Å². The second-order valence-corrected chi connectivity index (χ2v) is 4.50. The van der Waals surface area contributed by atoms with Crippen LogP contribution in [0.25, 0.3) is 0 Å². The minimum Gasteiger partial charge on any atom is -0.744 e. The standard InChI is InChI=1S/C10H10O7S.Na/c1-16-9(11)6-3-4-8(18(13,14)15)7(5-6)10(12)17-2;/h3-5H,1-2H3,(H,13,14,15);/q;+1/p-1. The van der Waals surface area contributed by atoms with Crippen molar-refractivity contribution in [2.24, 2.45) is 0 Å². The van der Waals surface area contributed by atoms with Crippen LogP contribution in [0.15, 0.2) is 23.1 Å². The molecule has 0 unspecified atom stereocenters. The number of carbonyl (C=O) groups is 2. The van der Waals surface area contributed by atoms with E-state index >= 15 is 0 Å². The van der Waals surface area contributed by atoms with Crippen molar-refractivity contribution in [2.75, 3.05) is 14.2 Å². The maximum absolute atomic E-state index is 11.4. The third-order valence-corrected chi connectivity index (χ3v) is 2.97. The van der Waals surface area contributed by atoms with Crippen molar-refractivity contribution in [3.63, 3.8) is 0 Å². The van der Waals surface area contributed by atoms with Crippen LogP contribution in [0.5, 0.6) is 0 Å². The molecule has 9 heteroatoms. The number of carbonyl (C=O) groups excluding carboxylic acids is 2. The maximum atomic E-state index is 11.4. The molecule has 7 nitrogen and oxygen atoms in total. The quantitative estimate of drug-likeness (QED) is 0.336. The van der Waals surface area contributed by atoms with Gasteiger partial charge in [-0.25, -0.2) is 18.0 Å². The summed E-state index contributed by atoms with van der Waals surface area (Å²) in [5, 5.41) is 0. The molecule has 98 valence electrons. The zero-order chi connectivity index (χ0) is 13.9. The zero-order valence-corrected chi connectivity index (χ0v) is 13.3. The van der Waals surface area contributed by atoms with E-state index in [1.165, 1.54) is 0 Å². The Bertz CT molecular complexity index is 594. The summed E-state index contributed by atoms with van der Waals surface area (Å²) in [5.74, 6) is -1.80. The van der Waals surface area contributed by atoms with E-state index in [2.05, 4.69) is 9.47 Å².